The summed E-state index contributed by atoms with van der Waals surface area (Å²) in [6.07, 6.45) is 0. The molecular formula is C113H77Ge2N7. The quantitative estimate of drug-likeness (QED) is 0.121. The van der Waals surface area contributed by atoms with Crippen LogP contribution in [0.25, 0.3) is 161 Å². The van der Waals surface area contributed by atoms with Crippen molar-refractivity contribution in [1.29, 1.82) is 0 Å². The van der Waals surface area contributed by atoms with E-state index in [0.717, 1.165) is 79.3 Å². The van der Waals surface area contributed by atoms with Gasteiger partial charge in [0.05, 0.1) is 0 Å². The molecular weight excluding hydrogens is 1600 g/mol. The number of hydrogen-bond donors (Lipinski definition) is 0. The van der Waals surface area contributed by atoms with Crippen molar-refractivity contribution in [3.05, 3.63) is 442 Å². The number of benzene rings is 17. The van der Waals surface area contributed by atoms with Crippen LogP contribution in [0.15, 0.2) is 431 Å². The van der Waals surface area contributed by atoms with E-state index in [1.165, 1.54) is 128 Å². The van der Waals surface area contributed by atoms with E-state index in [-0.39, 0.29) is 5.41 Å². The molecule has 0 saturated carbocycles. The molecule has 3 aliphatic rings. The second-order valence-corrected chi connectivity index (χ2v) is 48.4. The normalized spacial score (nSPS) is 13.5. The van der Waals surface area contributed by atoms with Gasteiger partial charge in [0, 0.05) is 5.69 Å². The van der Waals surface area contributed by atoms with Crippen LogP contribution in [0.4, 0.5) is 0 Å². The number of nitrogens with zero attached hydrogens (tertiary/aromatic N) is 7. The molecule has 7 nitrogen and oxygen atoms in total. The standard InChI is InChI=1S/C58H38GeN4.C55H39GeN3/c1-5-20-39(21-6-1)55-54-56(47-31-13-16-33-49(47)59(54,41-23-7-2-8-24-41)42-25-9-3-10-26-42)61-58(60-55)40-22-19-29-44(38-40)63-50-34-17-14-30-45(50)46-36-37-52-53(57(46)63)48-32-15-18-35-51(48)62(52)43-27-11-4-12-28-43;1-55(2)45-30-15-12-28-43(45)49-46(55)34-33-42-41-27-14-17-32-48(41)59(53(42)49)40-26-18-21-37(35-40)54-57-51(36-19-6-3-7-20-36)50-52(58-54)44-29-13-16-31-47(44)56(50,38-22-8-4-9-23-38)39-24-10-5-11-25-39/h1-38H;3-35H,1-2H3. The second-order valence-electron chi connectivity index (χ2n) is 32.9. The van der Waals surface area contributed by atoms with E-state index < -0.39 is 26.5 Å². The minimum absolute atomic E-state index is 0.106. The van der Waals surface area contributed by atoms with Gasteiger partial charge in [-0.25, -0.2) is 0 Å². The molecule has 0 unspecified atom stereocenters. The molecule has 122 heavy (non-hydrogen) atoms. The number of rotatable bonds is 11. The molecule has 22 aromatic rings. The molecule has 572 valence electrons. The zero-order valence-corrected chi connectivity index (χ0v) is 71.3. The molecule has 1 aliphatic carbocycles. The van der Waals surface area contributed by atoms with Gasteiger partial charge < -0.3 is 0 Å². The summed E-state index contributed by atoms with van der Waals surface area (Å²) in [5.74, 6) is 1.45. The molecule has 17 aromatic carbocycles. The Morgan fingerprint density at radius 1 is 0.238 bits per heavy atom. The Morgan fingerprint density at radius 3 is 1.07 bits per heavy atom. The van der Waals surface area contributed by atoms with Crippen LogP contribution in [0.5, 0.6) is 0 Å². The SMILES string of the molecule is CC1(C)c2ccccc2-c2c1ccc1c3ccccc3n(-c3cccc(-c4nc(-c5ccccc5)[c]5c(n4)-c4cccc[c]4[Ge]5([c]4ccccc4)[c]4ccccc4)c3)c21.c1ccc(-c2nc(-c3cccc(-n4c5ccccc5c5ccc6c(c7ccccc7n6-c6ccccc6)c54)c3)nc3[c]2[Ge]([c]2ccccc2)([c]2ccccc2)[c]2ccccc2-3)cc1. The predicted octanol–water partition coefficient (Wildman–Crippen LogP) is 21.9. The van der Waals surface area contributed by atoms with Gasteiger partial charge in [-0.05, 0) is 18.2 Å². The molecule has 5 aromatic heterocycles. The first-order valence-corrected chi connectivity index (χ1v) is 50.5. The third-order valence-electron chi connectivity index (χ3n) is 26.3. The van der Waals surface area contributed by atoms with Gasteiger partial charge in [-0.2, -0.15) is 0 Å². The van der Waals surface area contributed by atoms with Crippen LogP contribution in [0, 0.1) is 0 Å². The summed E-state index contributed by atoms with van der Waals surface area (Å²) < 4.78 is 18.2. The van der Waals surface area contributed by atoms with Crippen molar-refractivity contribution in [3.63, 3.8) is 0 Å². The predicted molar refractivity (Wildman–Crippen MR) is 512 cm³/mol. The van der Waals surface area contributed by atoms with Gasteiger partial charge >= 0.3 is 632 Å². The van der Waals surface area contributed by atoms with Crippen LogP contribution in [-0.4, -0.2) is 60.2 Å². The van der Waals surface area contributed by atoms with E-state index in [0.29, 0.717) is 0 Å². The fourth-order valence-electron chi connectivity index (χ4n) is 21.2. The summed E-state index contributed by atoms with van der Waals surface area (Å²) in [5, 5.41) is 7.41. The first-order chi connectivity index (χ1) is 60.3. The zero-order valence-electron chi connectivity index (χ0n) is 67.1. The molecule has 0 bridgehead atoms. The maximum absolute atomic E-state index is 5.71. The average Bonchev–Trinajstić information content (AvgIpc) is 1.52. The summed E-state index contributed by atoms with van der Waals surface area (Å²) in [5.41, 5.74) is 26.4. The molecule has 0 radical (unpaired) electrons. The van der Waals surface area contributed by atoms with Gasteiger partial charge in [0.15, 0.2) is 0 Å². The number of hydrogen-bond acceptors (Lipinski definition) is 4. The monoisotopic (exact) mass is 1680 g/mol. The van der Waals surface area contributed by atoms with E-state index in [1.807, 2.05) is 0 Å². The second kappa shape index (κ2) is 28.3. The fourth-order valence-corrected chi connectivity index (χ4v) is 43.2. The van der Waals surface area contributed by atoms with Crippen LogP contribution in [0.3, 0.4) is 0 Å². The molecule has 0 atom stereocenters. The Balaban J connectivity index is 0.000000138. The topological polar surface area (TPSA) is 66.3 Å². The van der Waals surface area contributed by atoms with Crippen LogP contribution >= 0.6 is 0 Å². The van der Waals surface area contributed by atoms with Crippen LogP contribution in [-0.2, 0) is 5.41 Å². The van der Waals surface area contributed by atoms with Gasteiger partial charge in [-0.1, -0.05) is 62.4 Å². The third kappa shape index (κ3) is 10.6. The molecule has 7 heterocycles. The maximum atomic E-state index is 5.71. The number of fused-ring (bicyclic) bond motifs is 20. The van der Waals surface area contributed by atoms with Gasteiger partial charge in [-0.3, -0.25) is 0 Å². The third-order valence-corrected chi connectivity index (χ3v) is 46.7. The average molecular weight is 1680 g/mol. The van der Waals surface area contributed by atoms with Gasteiger partial charge in [0.25, 0.3) is 0 Å². The van der Waals surface area contributed by atoms with E-state index in [2.05, 4.69) is 458 Å². The van der Waals surface area contributed by atoms with Crippen LogP contribution in [0.1, 0.15) is 25.0 Å². The number of aromatic nitrogens is 7. The van der Waals surface area contributed by atoms with E-state index in [1.54, 1.807) is 0 Å². The first kappa shape index (κ1) is 71.5. The van der Waals surface area contributed by atoms with Crippen molar-refractivity contribution in [1.82, 2.24) is 33.6 Å². The van der Waals surface area contributed by atoms with Crippen molar-refractivity contribution in [3.8, 4) is 96.0 Å². The first-order valence-electron chi connectivity index (χ1n) is 42.1. The Morgan fingerprint density at radius 2 is 0.590 bits per heavy atom. The van der Waals surface area contributed by atoms with Crippen LogP contribution in [0.2, 0.25) is 0 Å². The molecule has 0 amide bonds. The molecule has 0 spiro atoms. The summed E-state index contributed by atoms with van der Waals surface area (Å²) >= 11 is -7.34. The molecule has 0 saturated heterocycles. The van der Waals surface area contributed by atoms with Gasteiger partial charge in [0.1, 0.15) is 0 Å². The van der Waals surface area contributed by atoms with E-state index >= 15 is 0 Å². The number of para-hydroxylation sites is 4. The summed E-state index contributed by atoms with van der Waals surface area (Å²) in [6.45, 7) is 4.72. The van der Waals surface area contributed by atoms with Crippen LogP contribution < -0.4 is 35.2 Å². The molecule has 9 heteroatoms. The Bertz CT molecular complexity index is 7880. The van der Waals surface area contributed by atoms with Crippen molar-refractivity contribution < 1.29 is 0 Å². The Labute approximate surface area is 712 Å². The van der Waals surface area contributed by atoms with Gasteiger partial charge in [-0.15, -0.1) is 0 Å². The summed E-state index contributed by atoms with van der Waals surface area (Å²) in [6, 6.07) is 158. The minimum atomic E-state index is -3.68. The van der Waals surface area contributed by atoms with Crippen molar-refractivity contribution in [2.45, 2.75) is 19.3 Å². The summed E-state index contributed by atoms with van der Waals surface area (Å²) in [4.78, 5) is 22.8. The fraction of sp³-hybridized carbons (Fsp3) is 0.0265. The Kier molecular flexibility index (Phi) is 16.6. The Hall–Kier alpha value is -14.6. The zero-order chi connectivity index (χ0) is 80.8. The molecule has 25 rings (SSSR count). The van der Waals surface area contributed by atoms with Crippen molar-refractivity contribution in [2.75, 3.05) is 0 Å². The van der Waals surface area contributed by atoms with Gasteiger partial charge in [0.2, 0.25) is 0 Å². The van der Waals surface area contributed by atoms with E-state index in [4.69, 9.17) is 19.9 Å². The molecule has 0 N–H and O–H groups in total. The van der Waals surface area contributed by atoms with Crippen molar-refractivity contribution >= 4 is 127 Å². The molecule has 0 fully saturated rings. The molecule has 2 aliphatic heterocycles. The van der Waals surface area contributed by atoms with E-state index in [9.17, 15) is 0 Å². The summed E-state index contributed by atoms with van der Waals surface area (Å²) in [7, 11) is 0. The van der Waals surface area contributed by atoms with Crippen molar-refractivity contribution in [2.24, 2.45) is 0 Å².